The van der Waals surface area contributed by atoms with Crippen LogP contribution in [0.1, 0.15) is 30.4 Å². The number of piperidine rings is 1. The molecule has 0 radical (unpaired) electrons. The van der Waals surface area contributed by atoms with Gasteiger partial charge in [-0.15, -0.1) is 0 Å². The highest BCUT2D eigenvalue weighted by atomic mass is 32.2. The van der Waals surface area contributed by atoms with Crippen LogP contribution in [0.25, 0.3) is 5.57 Å². The maximum Gasteiger partial charge on any atom is 0.200 e. The van der Waals surface area contributed by atoms with Crippen molar-refractivity contribution in [2.45, 2.75) is 31.1 Å². The number of hydrogen-bond donors (Lipinski definition) is 0. The van der Waals surface area contributed by atoms with Crippen LogP contribution in [0.3, 0.4) is 0 Å². The topological polar surface area (TPSA) is 37.4 Å². The van der Waals surface area contributed by atoms with E-state index in [1.165, 1.54) is 24.7 Å². The van der Waals surface area contributed by atoms with Crippen molar-refractivity contribution in [2.75, 3.05) is 19.6 Å². The van der Waals surface area contributed by atoms with Crippen LogP contribution < -0.4 is 0 Å². The second-order valence-corrected chi connectivity index (χ2v) is 7.29. The number of fused-ring (bicyclic) bond motifs is 1. The van der Waals surface area contributed by atoms with E-state index in [1.807, 2.05) is 19.1 Å². The van der Waals surface area contributed by atoms with Gasteiger partial charge >= 0.3 is 0 Å². The highest BCUT2D eigenvalue weighted by molar-refractivity contribution is 7.95. The maximum atomic E-state index is 12.2. The van der Waals surface area contributed by atoms with E-state index in [0.717, 1.165) is 36.3 Å². The molecule has 4 heteroatoms. The summed E-state index contributed by atoms with van der Waals surface area (Å²) in [6.45, 7) is 4.85. The molecule has 0 saturated carbocycles. The van der Waals surface area contributed by atoms with E-state index in [4.69, 9.17) is 0 Å². The summed E-state index contributed by atoms with van der Waals surface area (Å²) in [7, 11) is -3.22. The number of rotatable bonds is 2. The molecule has 2 aliphatic heterocycles. The Balaban J connectivity index is 1.92. The van der Waals surface area contributed by atoms with Gasteiger partial charge in [-0.1, -0.05) is 18.6 Å². The van der Waals surface area contributed by atoms with Gasteiger partial charge in [0.15, 0.2) is 0 Å². The van der Waals surface area contributed by atoms with E-state index in [2.05, 4.69) is 4.90 Å². The summed E-state index contributed by atoms with van der Waals surface area (Å²) in [5.41, 5.74) is 2.85. The normalized spacial score (nSPS) is 22.1. The quantitative estimate of drug-likeness (QED) is 0.834. The Bertz CT molecular complexity index is 626. The number of benzene rings is 1. The number of sulfone groups is 1. The Morgan fingerprint density at radius 2 is 1.89 bits per heavy atom. The third kappa shape index (κ3) is 2.47. The van der Waals surface area contributed by atoms with Crippen molar-refractivity contribution >= 4 is 15.4 Å². The second kappa shape index (κ2) is 4.76. The number of likely N-dealkylation sites (tertiary alicyclic amines) is 1. The van der Waals surface area contributed by atoms with E-state index < -0.39 is 9.84 Å². The van der Waals surface area contributed by atoms with Gasteiger partial charge in [-0.05, 0) is 55.6 Å². The van der Waals surface area contributed by atoms with Crippen LogP contribution >= 0.6 is 0 Å². The fourth-order valence-electron chi connectivity index (χ4n) is 2.93. The Morgan fingerprint density at radius 3 is 2.63 bits per heavy atom. The predicted molar refractivity (Wildman–Crippen MR) is 76.6 cm³/mol. The van der Waals surface area contributed by atoms with Crippen LogP contribution in [-0.2, 0) is 9.84 Å². The number of hydrogen-bond acceptors (Lipinski definition) is 3. The van der Waals surface area contributed by atoms with Gasteiger partial charge in [0.25, 0.3) is 0 Å². The first-order valence-electron chi connectivity index (χ1n) is 6.85. The molecule has 0 spiro atoms. The van der Waals surface area contributed by atoms with E-state index >= 15 is 0 Å². The number of aryl methyl sites for hydroxylation is 1. The zero-order chi connectivity index (χ0) is 13.5. The van der Waals surface area contributed by atoms with E-state index in [1.54, 1.807) is 6.07 Å². The standard InChI is InChI=1S/C15H19NO2S/c1-12-5-6-14-13(10-16-7-3-2-4-8-16)11-19(17,18)15(14)9-12/h5-6,9,11H,2-4,7-8,10H2,1H3. The molecule has 102 valence electrons. The minimum atomic E-state index is -3.22. The molecule has 2 aliphatic rings. The molecule has 0 N–H and O–H groups in total. The molecule has 3 rings (SSSR count). The van der Waals surface area contributed by atoms with Crippen molar-refractivity contribution in [3.8, 4) is 0 Å². The molecule has 0 amide bonds. The molecule has 1 aromatic rings. The van der Waals surface area contributed by atoms with Crippen molar-refractivity contribution in [1.82, 2.24) is 4.90 Å². The van der Waals surface area contributed by atoms with Gasteiger partial charge < -0.3 is 0 Å². The van der Waals surface area contributed by atoms with E-state index in [0.29, 0.717) is 4.90 Å². The SMILES string of the molecule is Cc1ccc2c(c1)S(=O)(=O)C=C2CN1CCCCC1. The van der Waals surface area contributed by atoms with Gasteiger partial charge in [0, 0.05) is 12.0 Å². The summed E-state index contributed by atoms with van der Waals surface area (Å²) in [5.74, 6) is 0. The van der Waals surface area contributed by atoms with Crippen molar-refractivity contribution < 1.29 is 8.42 Å². The summed E-state index contributed by atoms with van der Waals surface area (Å²) in [6.07, 6.45) is 3.74. The minimum absolute atomic E-state index is 0.486. The molecular weight excluding hydrogens is 258 g/mol. The molecule has 0 bridgehead atoms. The molecule has 0 aliphatic carbocycles. The fraction of sp³-hybridized carbons (Fsp3) is 0.467. The molecule has 1 fully saturated rings. The summed E-state index contributed by atoms with van der Waals surface area (Å²) >= 11 is 0. The lowest BCUT2D eigenvalue weighted by Crippen LogP contribution is -2.30. The Morgan fingerprint density at radius 1 is 1.16 bits per heavy atom. The highest BCUT2D eigenvalue weighted by Gasteiger charge is 2.28. The van der Waals surface area contributed by atoms with Crippen LogP contribution in [0.2, 0.25) is 0 Å². The van der Waals surface area contributed by atoms with Crippen molar-refractivity contribution in [3.63, 3.8) is 0 Å². The summed E-state index contributed by atoms with van der Waals surface area (Å²) in [4.78, 5) is 2.85. The third-order valence-electron chi connectivity index (χ3n) is 3.93. The zero-order valence-corrected chi connectivity index (χ0v) is 12.0. The molecule has 19 heavy (non-hydrogen) atoms. The van der Waals surface area contributed by atoms with Crippen LogP contribution in [0, 0.1) is 6.92 Å². The van der Waals surface area contributed by atoms with Crippen LogP contribution in [0.15, 0.2) is 28.5 Å². The maximum absolute atomic E-state index is 12.2. The summed E-state index contributed by atoms with van der Waals surface area (Å²) in [6, 6.07) is 5.72. The molecule has 0 atom stereocenters. The van der Waals surface area contributed by atoms with Gasteiger partial charge in [0.05, 0.1) is 4.90 Å². The molecule has 0 unspecified atom stereocenters. The lowest BCUT2D eigenvalue weighted by Gasteiger charge is -2.26. The number of nitrogens with zero attached hydrogens (tertiary/aromatic N) is 1. The van der Waals surface area contributed by atoms with Gasteiger partial charge in [-0.2, -0.15) is 0 Å². The molecular formula is C15H19NO2S. The Kier molecular flexibility index (Phi) is 3.23. The zero-order valence-electron chi connectivity index (χ0n) is 11.2. The molecule has 1 aromatic carbocycles. The average molecular weight is 277 g/mol. The average Bonchev–Trinajstić information content (AvgIpc) is 2.62. The smallest absolute Gasteiger partial charge is 0.200 e. The minimum Gasteiger partial charge on any atom is -0.299 e. The van der Waals surface area contributed by atoms with Gasteiger partial charge in [0.2, 0.25) is 9.84 Å². The third-order valence-corrected chi connectivity index (χ3v) is 5.48. The summed E-state index contributed by atoms with van der Waals surface area (Å²) < 4.78 is 24.3. The molecule has 2 heterocycles. The fourth-order valence-corrected chi connectivity index (χ4v) is 4.48. The molecule has 3 nitrogen and oxygen atoms in total. The Labute approximate surface area is 114 Å². The van der Waals surface area contributed by atoms with Crippen molar-refractivity contribution in [1.29, 1.82) is 0 Å². The first kappa shape index (κ1) is 12.9. The first-order valence-corrected chi connectivity index (χ1v) is 8.40. The van der Waals surface area contributed by atoms with Crippen LogP contribution in [0.4, 0.5) is 0 Å². The van der Waals surface area contributed by atoms with Crippen molar-refractivity contribution in [2.24, 2.45) is 0 Å². The van der Waals surface area contributed by atoms with E-state index in [9.17, 15) is 8.42 Å². The van der Waals surface area contributed by atoms with Gasteiger partial charge in [-0.3, -0.25) is 4.90 Å². The summed E-state index contributed by atoms with van der Waals surface area (Å²) in [5, 5.41) is 1.46. The largest absolute Gasteiger partial charge is 0.299 e. The van der Waals surface area contributed by atoms with E-state index in [-0.39, 0.29) is 0 Å². The monoisotopic (exact) mass is 277 g/mol. The second-order valence-electron chi connectivity index (χ2n) is 5.52. The lowest BCUT2D eigenvalue weighted by molar-refractivity contribution is 0.255. The van der Waals surface area contributed by atoms with Crippen LogP contribution in [0.5, 0.6) is 0 Å². The lowest BCUT2D eigenvalue weighted by atomic mass is 10.0. The highest BCUT2D eigenvalue weighted by Crippen LogP contribution is 2.34. The van der Waals surface area contributed by atoms with Crippen molar-refractivity contribution in [3.05, 3.63) is 34.7 Å². The van der Waals surface area contributed by atoms with Gasteiger partial charge in [0.1, 0.15) is 0 Å². The first-order chi connectivity index (χ1) is 9.06. The predicted octanol–water partition coefficient (Wildman–Crippen LogP) is 2.61. The van der Waals surface area contributed by atoms with Crippen LogP contribution in [-0.4, -0.2) is 33.0 Å². The molecule has 1 saturated heterocycles. The van der Waals surface area contributed by atoms with Gasteiger partial charge in [-0.25, -0.2) is 8.42 Å². The Hall–Kier alpha value is -1.13. The molecule has 0 aromatic heterocycles.